The minimum absolute atomic E-state index is 0.0205. The highest BCUT2D eigenvalue weighted by Gasteiger charge is 2.19. The molecule has 1 aromatic heterocycles. The summed E-state index contributed by atoms with van der Waals surface area (Å²) in [4.78, 5) is 15.0. The molecular weight excluding hydrogens is 350 g/mol. The number of nitrogens with zero attached hydrogens (tertiary/aromatic N) is 4. The Morgan fingerprint density at radius 1 is 1.21 bits per heavy atom. The molecule has 1 N–H and O–H groups in total. The molecular formula is C22H33N5O. The minimum atomic E-state index is -0.0205. The highest BCUT2D eigenvalue weighted by atomic mass is 16.1. The van der Waals surface area contributed by atoms with Crippen molar-refractivity contribution in [3.05, 3.63) is 46.5 Å². The predicted molar refractivity (Wildman–Crippen MR) is 112 cm³/mol. The van der Waals surface area contributed by atoms with Crippen LogP contribution in [-0.2, 0) is 19.4 Å². The van der Waals surface area contributed by atoms with Crippen LogP contribution in [0.1, 0.15) is 53.4 Å². The van der Waals surface area contributed by atoms with Gasteiger partial charge in [0, 0.05) is 51.1 Å². The van der Waals surface area contributed by atoms with E-state index in [0.717, 1.165) is 61.3 Å². The average molecular weight is 384 g/mol. The molecule has 0 saturated heterocycles. The zero-order chi connectivity index (χ0) is 20.1. The molecule has 1 aliphatic heterocycles. The first-order valence-corrected chi connectivity index (χ1v) is 10.5. The average Bonchev–Trinajstić information content (AvgIpc) is 2.94. The topological polar surface area (TPSA) is 63.1 Å². The third-order valence-electron chi connectivity index (χ3n) is 5.72. The van der Waals surface area contributed by atoms with Crippen molar-refractivity contribution in [2.75, 3.05) is 26.2 Å². The molecule has 3 rings (SSSR count). The lowest BCUT2D eigenvalue weighted by Crippen LogP contribution is -2.31. The van der Waals surface area contributed by atoms with Crippen molar-refractivity contribution in [1.29, 1.82) is 0 Å². The van der Waals surface area contributed by atoms with Gasteiger partial charge < -0.3 is 14.8 Å². The lowest BCUT2D eigenvalue weighted by atomic mass is 10.1. The smallest absolute Gasteiger partial charge is 0.251 e. The third kappa shape index (κ3) is 4.98. The van der Waals surface area contributed by atoms with E-state index in [2.05, 4.69) is 38.8 Å². The van der Waals surface area contributed by atoms with E-state index in [1.807, 2.05) is 32.0 Å². The zero-order valence-corrected chi connectivity index (χ0v) is 17.7. The summed E-state index contributed by atoms with van der Waals surface area (Å²) in [5, 5.41) is 11.8. The molecule has 0 spiro atoms. The monoisotopic (exact) mass is 383 g/mol. The van der Waals surface area contributed by atoms with E-state index in [1.54, 1.807) is 0 Å². The number of aryl methyl sites for hydroxylation is 2. The Morgan fingerprint density at radius 2 is 2.04 bits per heavy atom. The molecule has 152 valence electrons. The number of hydrogen-bond donors (Lipinski definition) is 1. The lowest BCUT2D eigenvalue weighted by Gasteiger charge is -2.22. The van der Waals surface area contributed by atoms with Crippen LogP contribution in [0, 0.1) is 19.8 Å². The summed E-state index contributed by atoms with van der Waals surface area (Å²) in [6.07, 6.45) is 2.86. The van der Waals surface area contributed by atoms with Crippen LogP contribution in [-0.4, -0.2) is 51.8 Å². The molecule has 0 saturated carbocycles. The highest BCUT2D eigenvalue weighted by molar-refractivity contribution is 5.95. The first-order chi connectivity index (χ1) is 13.5. The normalized spacial score (nSPS) is 15.7. The van der Waals surface area contributed by atoms with Gasteiger partial charge in [-0.1, -0.05) is 38.0 Å². The molecule has 1 amide bonds. The molecule has 1 aliphatic rings. The first-order valence-electron chi connectivity index (χ1n) is 10.5. The van der Waals surface area contributed by atoms with Crippen molar-refractivity contribution >= 4 is 5.91 Å². The van der Waals surface area contributed by atoms with Gasteiger partial charge in [0.25, 0.3) is 5.91 Å². The Labute approximate surface area is 168 Å². The third-order valence-corrected chi connectivity index (χ3v) is 5.72. The molecule has 6 heteroatoms. The zero-order valence-electron chi connectivity index (χ0n) is 17.7. The predicted octanol–water partition coefficient (Wildman–Crippen LogP) is 2.77. The number of aromatic nitrogens is 3. The molecule has 6 nitrogen and oxygen atoms in total. The maximum absolute atomic E-state index is 12.5. The second-order valence-corrected chi connectivity index (χ2v) is 8.07. The summed E-state index contributed by atoms with van der Waals surface area (Å²) in [5.74, 6) is 2.75. The lowest BCUT2D eigenvalue weighted by molar-refractivity contribution is 0.0953. The maximum Gasteiger partial charge on any atom is 0.251 e. The van der Waals surface area contributed by atoms with Crippen molar-refractivity contribution in [3.8, 4) is 0 Å². The number of fused-ring (bicyclic) bond motifs is 1. The number of hydrogen-bond acceptors (Lipinski definition) is 4. The molecule has 0 aliphatic carbocycles. The largest absolute Gasteiger partial charge is 0.352 e. The fourth-order valence-corrected chi connectivity index (χ4v) is 3.82. The Hall–Kier alpha value is -2.21. The molecule has 0 unspecified atom stereocenters. The van der Waals surface area contributed by atoms with Crippen molar-refractivity contribution in [1.82, 2.24) is 25.0 Å². The summed E-state index contributed by atoms with van der Waals surface area (Å²) >= 11 is 0. The van der Waals surface area contributed by atoms with Crippen LogP contribution in [0.25, 0.3) is 0 Å². The van der Waals surface area contributed by atoms with E-state index in [-0.39, 0.29) is 5.91 Å². The van der Waals surface area contributed by atoms with E-state index < -0.39 is 0 Å². The molecule has 2 heterocycles. The van der Waals surface area contributed by atoms with Crippen molar-refractivity contribution < 1.29 is 4.79 Å². The van der Waals surface area contributed by atoms with Gasteiger partial charge in [0.05, 0.1) is 0 Å². The van der Waals surface area contributed by atoms with Crippen LogP contribution in [0.15, 0.2) is 18.2 Å². The number of rotatable bonds is 7. The summed E-state index contributed by atoms with van der Waals surface area (Å²) in [5.41, 5.74) is 2.92. The van der Waals surface area contributed by atoms with Crippen LogP contribution < -0.4 is 5.32 Å². The fourth-order valence-electron chi connectivity index (χ4n) is 3.82. The molecule has 1 atom stereocenters. The standard InChI is InChI=1S/C22H33N5O/c1-5-16(2)15-26-11-9-21-25-24-20(27(21)13-12-26)8-10-23-22(28)19-7-6-17(3)14-18(19)4/h6-7,14,16H,5,8-13,15H2,1-4H3,(H,23,28)/t16-/m1/s1. The van der Waals surface area contributed by atoms with E-state index in [1.165, 1.54) is 12.0 Å². The van der Waals surface area contributed by atoms with Crippen molar-refractivity contribution in [3.63, 3.8) is 0 Å². The molecule has 1 aromatic carbocycles. The SMILES string of the molecule is CC[C@@H](C)CN1CCc2nnc(CCNC(=O)c3ccc(C)cc3C)n2CC1. The van der Waals surface area contributed by atoms with Crippen LogP contribution >= 0.6 is 0 Å². The Bertz CT molecular complexity index is 813. The van der Waals surface area contributed by atoms with E-state index >= 15 is 0 Å². The van der Waals surface area contributed by atoms with Crippen molar-refractivity contribution in [2.45, 2.75) is 53.5 Å². The van der Waals surface area contributed by atoms with Crippen LogP contribution in [0.4, 0.5) is 0 Å². The second-order valence-electron chi connectivity index (χ2n) is 8.07. The number of benzene rings is 1. The molecule has 0 radical (unpaired) electrons. The van der Waals surface area contributed by atoms with Gasteiger partial charge in [-0.3, -0.25) is 4.79 Å². The van der Waals surface area contributed by atoms with Gasteiger partial charge in [0.15, 0.2) is 0 Å². The van der Waals surface area contributed by atoms with Gasteiger partial charge in [-0.25, -0.2) is 0 Å². The Balaban J connectivity index is 1.54. The quantitative estimate of drug-likeness (QED) is 0.799. The number of amides is 1. The van der Waals surface area contributed by atoms with Gasteiger partial charge >= 0.3 is 0 Å². The van der Waals surface area contributed by atoms with E-state index in [9.17, 15) is 4.79 Å². The second kappa shape index (κ2) is 9.32. The summed E-state index contributed by atoms with van der Waals surface area (Å²) in [6, 6.07) is 5.92. The van der Waals surface area contributed by atoms with Crippen molar-refractivity contribution in [2.24, 2.45) is 5.92 Å². The van der Waals surface area contributed by atoms with Crippen LogP contribution in [0.5, 0.6) is 0 Å². The summed E-state index contributed by atoms with van der Waals surface area (Å²) < 4.78 is 2.25. The molecule has 0 fully saturated rings. The maximum atomic E-state index is 12.5. The molecule has 2 aromatic rings. The van der Waals surface area contributed by atoms with Gasteiger partial charge in [-0.05, 0) is 31.4 Å². The minimum Gasteiger partial charge on any atom is -0.352 e. The van der Waals surface area contributed by atoms with Gasteiger partial charge in [-0.15, -0.1) is 10.2 Å². The van der Waals surface area contributed by atoms with E-state index in [0.29, 0.717) is 13.0 Å². The van der Waals surface area contributed by atoms with Crippen LogP contribution in [0.3, 0.4) is 0 Å². The fraction of sp³-hybridized carbons (Fsp3) is 0.591. The van der Waals surface area contributed by atoms with Gasteiger partial charge in [0.2, 0.25) is 0 Å². The molecule has 0 bridgehead atoms. The van der Waals surface area contributed by atoms with Gasteiger partial charge in [0.1, 0.15) is 11.6 Å². The Morgan fingerprint density at radius 3 is 2.79 bits per heavy atom. The van der Waals surface area contributed by atoms with Gasteiger partial charge in [-0.2, -0.15) is 0 Å². The number of carbonyl (C=O) groups is 1. The van der Waals surface area contributed by atoms with Crippen LogP contribution in [0.2, 0.25) is 0 Å². The number of carbonyl (C=O) groups excluding carboxylic acids is 1. The van der Waals surface area contributed by atoms with E-state index in [4.69, 9.17) is 0 Å². The highest BCUT2D eigenvalue weighted by Crippen LogP contribution is 2.13. The molecule has 28 heavy (non-hydrogen) atoms. The Kier molecular flexibility index (Phi) is 6.83. The summed E-state index contributed by atoms with van der Waals surface area (Å²) in [6.45, 7) is 13.3. The first kappa shape index (κ1) is 20.5. The summed E-state index contributed by atoms with van der Waals surface area (Å²) in [7, 11) is 0. The number of nitrogens with one attached hydrogen (secondary N) is 1.